The monoisotopic (exact) mass is 424 g/mol. The van der Waals surface area contributed by atoms with E-state index in [9.17, 15) is 13.6 Å². The van der Waals surface area contributed by atoms with E-state index in [1.165, 1.54) is 30.7 Å². The van der Waals surface area contributed by atoms with Crippen molar-refractivity contribution in [3.8, 4) is 11.3 Å². The molecule has 0 unspecified atom stereocenters. The molecule has 162 valence electrons. The zero-order valence-corrected chi connectivity index (χ0v) is 17.4. The summed E-state index contributed by atoms with van der Waals surface area (Å²) < 4.78 is 32.2. The molecule has 6 heteroatoms. The molecule has 0 saturated heterocycles. The van der Waals surface area contributed by atoms with Crippen molar-refractivity contribution in [2.75, 3.05) is 0 Å². The Morgan fingerprint density at radius 2 is 1.61 bits per heavy atom. The highest BCUT2D eigenvalue weighted by atomic mass is 19.1. The van der Waals surface area contributed by atoms with Crippen molar-refractivity contribution in [3.63, 3.8) is 0 Å². The minimum atomic E-state index is -0.307. The highest BCUT2D eigenvalue weighted by molar-refractivity contribution is 5.76. The van der Waals surface area contributed by atoms with E-state index in [1.54, 1.807) is 30.5 Å². The summed E-state index contributed by atoms with van der Waals surface area (Å²) in [6.45, 7) is 0.482. The molecular weight excluding hydrogens is 398 g/mol. The largest absolute Gasteiger partial charge is 0.441 e. The molecule has 4 rings (SSSR count). The average Bonchev–Trinajstić information content (AvgIpc) is 3.27. The van der Waals surface area contributed by atoms with Gasteiger partial charge in [-0.2, -0.15) is 0 Å². The van der Waals surface area contributed by atoms with Crippen molar-refractivity contribution in [2.24, 2.45) is 0 Å². The SMILES string of the molecule is O=C(CCc1ncc(-c2ccc(F)cc2)o1)N(Cc1ccc(F)cc1)C1CCCCC1. The molecule has 0 bridgehead atoms. The first-order valence-electron chi connectivity index (χ1n) is 10.8. The molecule has 4 nitrogen and oxygen atoms in total. The van der Waals surface area contributed by atoms with E-state index in [0.717, 1.165) is 36.8 Å². The van der Waals surface area contributed by atoms with Crippen molar-refractivity contribution < 1.29 is 18.0 Å². The molecule has 1 fully saturated rings. The van der Waals surface area contributed by atoms with Crippen LogP contribution >= 0.6 is 0 Å². The van der Waals surface area contributed by atoms with Crippen LogP contribution in [0.25, 0.3) is 11.3 Å². The quantitative estimate of drug-likeness (QED) is 0.473. The minimum absolute atomic E-state index is 0.0535. The number of hydrogen-bond acceptors (Lipinski definition) is 3. The second-order valence-corrected chi connectivity index (χ2v) is 8.07. The Labute approximate surface area is 180 Å². The van der Waals surface area contributed by atoms with E-state index in [2.05, 4.69) is 4.98 Å². The molecule has 0 radical (unpaired) electrons. The van der Waals surface area contributed by atoms with Gasteiger partial charge in [0, 0.05) is 31.0 Å². The predicted octanol–water partition coefficient (Wildman–Crippen LogP) is 5.91. The molecule has 2 aromatic carbocycles. The van der Waals surface area contributed by atoms with Crippen molar-refractivity contribution in [2.45, 2.75) is 57.5 Å². The zero-order chi connectivity index (χ0) is 21.6. The first-order chi connectivity index (χ1) is 15.1. The highest BCUT2D eigenvalue weighted by Crippen LogP contribution is 2.26. The van der Waals surface area contributed by atoms with Gasteiger partial charge in [-0.15, -0.1) is 0 Å². The van der Waals surface area contributed by atoms with Crippen molar-refractivity contribution in [1.29, 1.82) is 0 Å². The lowest BCUT2D eigenvalue weighted by atomic mass is 9.93. The van der Waals surface area contributed by atoms with E-state index >= 15 is 0 Å². The van der Waals surface area contributed by atoms with Gasteiger partial charge in [0.1, 0.15) is 11.6 Å². The standard InChI is InChI=1S/C25H26F2N2O2/c26-20-10-6-18(7-11-20)17-29(22-4-2-1-3-5-22)25(30)15-14-24-28-16-23(31-24)19-8-12-21(27)13-9-19/h6-13,16,22H,1-5,14-15,17H2. The van der Waals surface area contributed by atoms with Gasteiger partial charge in [0.25, 0.3) is 0 Å². The molecule has 1 amide bonds. The van der Waals surface area contributed by atoms with Crippen LogP contribution in [-0.2, 0) is 17.8 Å². The molecule has 3 aromatic rings. The van der Waals surface area contributed by atoms with Crippen LogP contribution in [0.5, 0.6) is 0 Å². The van der Waals surface area contributed by atoms with Crippen LogP contribution in [0.1, 0.15) is 50.0 Å². The number of carbonyl (C=O) groups excluding carboxylic acids is 1. The van der Waals surface area contributed by atoms with Gasteiger partial charge in [0.05, 0.1) is 6.20 Å². The number of nitrogens with zero attached hydrogens (tertiary/aromatic N) is 2. The van der Waals surface area contributed by atoms with Crippen LogP contribution in [-0.4, -0.2) is 21.8 Å². The molecule has 0 atom stereocenters. The van der Waals surface area contributed by atoms with Crippen molar-refractivity contribution in [3.05, 3.63) is 77.8 Å². The van der Waals surface area contributed by atoms with Gasteiger partial charge in [-0.1, -0.05) is 31.4 Å². The third-order valence-corrected chi connectivity index (χ3v) is 5.84. The third kappa shape index (κ3) is 5.57. The summed E-state index contributed by atoms with van der Waals surface area (Å²) in [6.07, 6.45) is 7.74. The van der Waals surface area contributed by atoms with Gasteiger partial charge in [-0.25, -0.2) is 13.8 Å². The maximum atomic E-state index is 13.3. The molecule has 1 saturated carbocycles. The summed E-state index contributed by atoms with van der Waals surface area (Å²) in [5, 5.41) is 0. The van der Waals surface area contributed by atoms with Crippen LogP contribution in [0.3, 0.4) is 0 Å². The summed E-state index contributed by atoms with van der Waals surface area (Å²) in [5.41, 5.74) is 1.67. The molecule has 1 aliphatic carbocycles. The van der Waals surface area contributed by atoms with Crippen molar-refractivity contribution >= 4 is 5.91 Å². The minimum Gasteiger partial charge on any atom is -0.441 e. The van der Waals surface area contributed by atoms with Gasteiger partial charge in [-0.05, 0) is 54.8 Å². The Bertz CT molecular complexity index is 993. The van der Waals surface area contributed by atoms with E-state index in [1.807, 2.05) is 4.90 Å². The average molecular weight is 424 g/mol. The summed E-state index contributed by atoms with van der Waals surface area (Å²) in [6, 6.07) is 12.6. The topological polar surface area (TPSA) is 46.3 Å². The maximum absolute atomic E-state index is 13.3. The second kappa shape index (κ2) is 9.86. The second-order valence-electron chi connectivity index (χ2n) is 8.07. The fraction of sp³-hybridized carbons (Fsp3) is 0.360. The Morgan fingerprint density at radius 3 is 2.29 bits per heavy atom. The van der Waals surface area contributed by atoms with Crippen LogP contribution in [0.4, 0.5) is 8.78 Å². The molecule has 1 heterocycles. The van der Waals surface area contributed by atoms with Crippen LogP contribution in [0, 0.1) is 11.6 Å². The van der Waals surface area contributed by atoms with Crippen molar-refractivity contribution in [1.82, 2.24) is 9.88 Å². The smallest absolute Gasteiger partial charge is 0.223 e. The summed E-state index contributed by atoms with van der Waals surface area (Å²) in [5.74, 6) is 0.506. The number of aryl methyl sites for hydroxylation is 1. The summed E-state index contributed by atoms with van der Waals surface area (Å²) in [4.78, 5) is 19.4. The van der Waals surface area contributed by atoms with Gasteiger partial charge in [-0.3, -0.25) is 4.79 Å². The molecule has 0 spiro atoms. The van der Waals surface area contributed by atoms with E-state index in [0.29, 0.717) is 31.0 Å². The van der Waals surface area contributed by atoms with Crippen LogP contribution in [0.2, 0.25) is 0 Å². The molecule has 1 aliphatic rings. The number of benzene rings is 2. The third-order valence-electron chi connectivity index (χ3n) is 5.84. The predicted molar refractivity (Wildman–Crippen MR) is 114 cm³/mol. The Balaban J connectivity index is 1.42. The highest BCUT2D eigenvalue weighted by Gasteiger charge is 2.25. The summed E-state index contributed by atoms with van der Waals surface area (Å²) >= 11 is 0. The first-order valence-corrected chi connectivity index (χ1v) is 10.8. The fourth-order valence-corrected chi connectivity index (χ4v) is 4.13. The summed E-state index contributed by atoms with van der Waals surface area (Å²) in [7, 11) is 0. The van der Waals surface area contributed by atoms with Crippen LogP contribution in [0.15, 0.2) is 59.1 Å². The molecule has 0 aliphatic heterocycles. The number of halogens is 2. The first kappa shape index (κ1) is 21.2. The zero-order valence-electron chi connectivity index (χ0n) is 17.4. The molecule has 31 heavy (non-hydrogen) atoms. The van der Waals surface area contributed by atoms with Gasteiger partial charge < -0.3 is 9.32 Å². The molecule has 0 N–H and O–H groups in total. The number of aromatic nitrogens is 1. The lowest BCUT2D eigenvalue weighted by Gasteiger charge is -2.34. The number of oxazole rings is 1. The van der Waals surface area contributed by atoms with Gasteiger partial charge in [0.15, 0.2) is 11.7 Å². The van der Waals surface area contributed by atoms with Gasteiger partial charge in [0.2, 0.25) is 5.91 Å². The molecule has 1 aromatic heterocycles. The lowest BCUT2D eigenvalue weighted by molar-refractivity contribution is -0.135. The number of carbonyl (C=O) groups is 1. The Morgan fingerprint density at radius 1 is 0.968 bits per heavy atom. The normalized spacial score (nSPS) is 14.5. The Hall–Kier alpha value is -3.02. The fourth-order valence-electron chi connectivity index (χ4n) is 4.13. The van der Waals surface area contributed by atoms with E-state index in [4.69, 9.17) is 4.42 Å². The van der Waals surface area contributed by atoms with E-state index in [-0.39, 0.29) is 23.6 Å². The molecular formula is C25H26F2N2O2. The lowest BCUT2D eigenvalue weighted by Crippen LogP contribution is -2.41. The van der Waals surface area contributed by atoms with Crippen LogP contribution < -0.4 is 0 Å². The number of rotatable bonds is 7. The van der Waals surface area contributed by atoms with E-state index < -0.39 is 0 Å². The Kier molecular flexibility index (Phi) is 6.75. The number of hydrogen-bond donors (Lipinski definition) is 0. The number of amides is 1. The maximum Gasteiger partial charge on any atom is 0.223 e. The van der Waals surface area contributed by atoms with Gasteiger partial charge >= 0.3 is 0 Å².